The number of imide groups is 1. The van der Waals surface area contributed by atoms with E-state index in [2.05, 4.69) is 20.9 Å². The van der Waals surface area contributed by atoms with Gasteiger partial charge in [0.25, 0.3) is 0 Å². The van der Waals surface area contributed by atoms with Gasteiger partial charge in [-0.05, 0) is 36.4 Å². The van der Waals surface area contributed by atoms with Gasteiger partial charge in [0, 0.05) is 17.1 Å². The van der Waals surface area contributed by atoms with Gasteiger partial charge in [-0.3, -0.25) is 9.59 Å². The summed E-state index contributed by atoms with van der Waals surface area (Å²) in [6.07, 6.45) is 1.88. The van der Waals surface area contributed by atoms with Crippen LogP contribution in [-0.4, -0.2) is 22.0 Å². The molecule has 2 aromatic rings. The summed E-state index contributed by atoms with van der Waals surface area (Å²) in [6.45, 7) is 0. The smallest absolute Gasteiger partial charge is 0.247 e. The number of carbonyl (C=O) groups is 2. The first kappa shape index (κ1) is 14.3. The highest BCUT2D eigenvalue weighted by Gasteiger charge is 2.40. The van der Waals surface area contributed by atoms with E-state index in [1.165, 1.54) is 16.7 Å². The van der Waals surface area contributed by atoms with Gasteiger partial charge in [-0.15, -0.1) is 0 Å². The van der Waals surface area contributed by atoms with Crippen LogP contribution in [0, 0.1) is 0 Å². The number of aromatic nitrogens is 1. The Morgan fingerprint density at radius 2 is 1.90 bits per heavy atom. The summed E-state index contributed by atoms with van der Waals surface area (Å²) in [6, 6.07) is 12.7. The second-order valence-corrected chi connectivity index (χ2v) is 6.66. The van der Waals surface area contributed by atoms with Crippen molar-refractivity contribution in [2.75, 3.05) is 4.90 Å². The van der Waals surface area contributed by atoms with Crippen molar-refractivity contribution in [2.24, 2.45) is 0 Å². The molecule has 0 bridgehead atoms. The number of carbonyl (C=O) groups excluding carboxylic acids is 2. The Morgan fingerprint density at radius 1 is 1.14 bits per heavy atom. The molecule has 1 atom stereocenters. The van der Waals surface area contributed by atoms with Gasteiger partial charge >= 0.3 is 0 Å². The van der Waals surface area contributed by atoms with E-state index in [9.17, 15) is 9.59 Å². The lowest BCUT2D eigenvalue weighted by atomic mass is 10.3. The summed E-state index contributed by atoms with van der Waals surface area (Å²) in [5.74, 6) is -0.353. The molecule has 2 heterocycles. The van der Waals surface area contributed by atoms with Crippen LogP contribution < -0.4 is 4.90 Å². The third-order valence-corrected chi connectivity index (χ3v) is 4.76. The fourth-order valence-corrected chi connectivity index (χ4v) is 3.39. The Bertz CT molecular complexity index is 676. The van der Waals surface area contributed by atoms with E-state index in [4.69, 9.17) is 0 Å². The highest BCUT2D eigenvalue weighted by Crippen LogP contribution is 2.33. The molecule has 0 spiro atoms. The quantitative estimate of drug-likeness (QED) is 0.786. The number of hydrogen-bond donors (Lipinski definition) is 0. The molecule has 1 aromatic carbocycles. The Balaban J connectivity index is 1.80. The first-order chi connectivity index (χ1) is 10.1. The van der Waals surface area contributed by atoms with Crippen molar-refractivity contribution >= 4 is 45.2 Å². The third kappa shape index (κ3) is 3.01. The molecule has 1 aromatic heterocycles. The Morgan fingerprint density at radius 3 is 2.57 bits per heavy atom. The maximum atomic E-state index is 12.5. The summed E-state index contributed by atoms with van der Waals surface area (Å²) < 4.78 is 0.907. The van der Waals surface area contributed by atoms with Crippen LogP contribution in [0.1, 0.15) is 6.42 Å². The Kier molecular flexibility index (Phi) is 4.07. The molecule has 1 unspecified atom stereocenters. The SMILES string of the molecule is O=C1CC(Sc2ccccn2)C(=O)N1c1ccc(Br)cc1. The summed E-state index contributed by atoms with van der Waals surface area (Å²) in [5, 5.41) is 0.345. The number of anilines is 1. The van der Waals surface area contributed by atoms with Gasteiger partial charge in [-0.25, -0.2) is 9.88 Å². The van der Waals surface area contributed by atoms with Gasteiger partial charge in [0.05, 0.1) is 16.0 Å². The summed E-state index contributed by atoms with van der Waals surface area (Å²) >= 11 is 4.67. The molecule has 106 valence electrons. The molecular weight excluding hydrogens is 352 g/mol. The summed E-state index contributed by atoms with van der Waals surface area (Å²) in [5.41, 5.74) is 0.609. The van der Waals surface area contributed by atoms with Gasteiger partial charge in [-0.2, -0.15) is 0 Å². The van der Waals surface area contributed by atoms with Crippen molar-refractivity contribution in [3.8, 4) is 0 Å². The molecule has 0 radical (unpaired) electrons. The predicted octanol–water partition coefficient (Wildman–Crippen LogP) is 3.27. The van der Waals surface area contributed by atoms with E-state index in [-0.39, 0.29) is 18.2 Å². The number of nitrogens with zero attached hydrogens (tertiary/aromatic N) is 2. The van der Waals surface area contributed by atoms with E-state index in [1.54, 1.807) is 18.3 Å². The molecule has 2 amide bonds. The fraction of sp³-hybridized carbons (Fsp3) is 0.133. The molecule has 4 nitrogen and oxygen atoms in total. The van der Waals surface area contributed by atoms with Crippen LogP contribution in [-0.2, 0) is 9.59 Å². The van der Waals surface area contributed by atoms with Gasteiger partial charge in [-0.1, -0.05) is 33.8 Å². The monoisotopic (exact) mass is 362 g/mol. The van der Waals surface area contributed by atoms with Crippen LogP contribution in [0.15, 0.2) is 58.2 Å². The first-order valence-electron chi connectivity index (χ1n) is 6.35. The molecule has 6 heteroatoms. The number of amides is 2. The lowest BCUT2D eigenvalue weighted by Crippen LogP contribution is -2.31. The van der Waals surface area contributed by atoms with Crippen LogP contribution in [0.3, 0.4) is 0 Å². The number of pyridine rings is 1. The van der Waals surface area contributed by atoms with Crippen LogP contribution in [0.25, 0.3) is 0 Å². The molecule has 3 rings (SSSR count). The highest BCUT2D eigenvalue weighted by atomic mass is 79.9. The third-order valence-electron chi connectivity index (χ3n) is 3.09. The minimum absolute atomic E-state index is 0.171. The van der Waals surface area contributed by atoms with Crippen LogP contribution in [0.5, 0.6) is 0 Å². The number of halogens is 1. The van der Waals surface area contributed by atoms with E-state index in [0.29, 0.717) is 5.69 Å². The standard InChI is InChI=1S/C15H11BrN2O2S/c16-10-4-6-11(7-5-10)18-14(19)9-12(15(18)20)21-13-3-1-2-8-17-13/h1-8,12H,9H2. The largest absolute Gasteiger partial charge is 0.274 e. The maximum Gasteiger partial charge on any atom is 0.247 e. The fourth-order valence-electron chi connectivity index (χ4n) is 2.12. The van der Waals surface area contributed by atoms with Gasteiger partial charge in [0.1, 0.15) is 0 Å². The molecule has 1 fully saturated rings. The molecular formula is C15H11BrN2O2S. The molecule has 1 saturated heterocycles. The van der Waals surface area contributed by atoms with Crippen molar-refractivity contribution in [3.05, 3.63) is 53.1 Å². The molecule has 0 saturated carbocycles. The Hall–Kier alpha value is -1.66. The normalized spacial score (nSPS) is 18.3. The summed E-state index contributed by atoms with van der Waals surface area (Å²) in [4.78, 5) is 30.0. The van der Waals surface area contributed by atoms with Gasteiger partial charge < -0.3 is 0 Å². The van der Waals surface area contributed by atoms with E-state index in [1.807, 2.05) is 30.3 Å². The number of rotatable bonds is 3. The zero-order valence-corrected chi connectivity index (χ0v) is 13.3. The van der Waals surface area contributed by atoms with Crippen molar-refractivity contribution in [1.29, 1.82) is 0 Å². The second-order valence-electron chi connectivity index (χ2n) is 4.52. The zero-order chi connectivity index (χ0) is 14.8. The highest BCUT2D eigenvalue weighted by molar-refractivity contribution is 9.10. The van der Waals surface area contributed by atoms with Crippen molar-refractivity contribution in [2.45, 2.75) is 16.7 Å². The Labute approximate surface area is 134 Å². The van der Waals surface area contributed by atoms with Gasteiger partial charge in [0.15, 0.2) is 0 Å². The van der Waals surface area contributed by atoms with Crippen molar-refractivity contribution in [3.63, 3.8) is 0 Å². The molecule has 0 aliphatic carbocycles. The molecule has 1 aliphatic heterocycles. The van der Waals surface area contributed by atoms with Crippen molar-refractivity contribution in [1.82, 2.24) is 4.98 Å². The zero-order valence-electron chi connectivity index (χ0n) is 10.9. The predicted molar refractivity (Wildman–Crippen MR) is 85.1 cm³/mol. The number of benzene rings is 1. The number of thioether (sulfide) groups is 1. The average Bonchev–Trinajstić information content (AvgIpc) is 2.76. The molecule has 1 aliphatic rings. The van der Waals surface area contributed by atoms with Crippen LogP contribution in [0.4, 0.5) is 5.69 Å². The van der Waals surface area contributed by atoms with Crippen LogP contribution >= 0.6 is 27.7 Å². The first-order valence-corrected chi connectivity index (χ1v) is 8.02. The average molecular weight is 363 g/mol. The van der Waals surface area contributed by atoms with Crippen molar-refractivity contribution < 1.29 is 9.59 Å². The lowest BCUT2D eigenvalue weighted by Gasteiger charge is -2.14. The van der Waals surface area contributed by atoms with E-state index < -0.39 is 5.25 Å². The van der Waals surface area contributed by atoms with Crippen LogP contribution in [0.2, 0.25) is 0 Å². The van der Waals surface area contributed by atoms with E-state index in [0.717, 1.165) is 9.50 Å². The molecule has 0 N–H and O–H groups in total. The minimum atomic E-state index is -0.406. The summed E-state index contributed by atoms with van der Waals surface area (Å²) in [7, 11) is 0. The number of hydrogen-bond acceptors (Lipinski definition) is 4. The topological polar surface area (TPSA) is 50.3 Å². The second kappa shape index (κ2) is 5.99. The maximum absolute atomic E-state index is 12.5. The minimum Gasteiger partial charge on any atom is -0.274 e. The lowest BCUT2D eigenvalue weighted by molar-refractivity contribution is -0.121. The van der Waals surface area contributed by atoms with E-state index >= 15 is 0 Å². The van der Waals surface area contributed by atoms with Gasteiger partial charge in [0.2, 0.25) is 11.8 Å². The molecule has 21 heavy (non-hydrogen) atoms.